The van der Waals surface area contributed by atoms with Crippen LogP contribution in [-0.2, 0) is 9.59 Å². The van der Waals surface area contributed by atoms with E-state index in [-0.39, 0.29) is 17.4 Å². The molecule has 0 heterocycles. The number of hydrogen-bond donors (Lipinski definition) is 3. The molecule has 3 N–H and O–H groups in total. The lowest BCUT2D eigenvalue weighted by Crippen LogP contribution is -2.14. The Hall–Kier alpha value is -2.37. The van der Waals surface area contributed by atoms with E-state index in [9.17, 15) is 19.5 Å². The molecule has 0 saturated carbocycles. The van der Waals surface area contributed by atoms with Crippen LogP contribution < -0.4 is 10.6 Å². The first-order valence-corrected chi connectivity index (χ1v) is 14.9. The van der Waals surface area contributed by atoms with Crippen LogP contribution in [0.5, 0.6) is 0 Å². The molecule has 0 unspecified atom stereocenters. The van der Waals surface area contributed by atoms with Gasteiger partial charge in [0.15, 0.2) is 0 Å². The van der Waals surface area contributed by atoms with Crippen LogP contribution in [-0.4, -0.2) is 22.9 Å². The third-order valence-electron chi connectivity index (χ3n) is 6.76. The molecular weight excluding hydrogens is 464 g/mol. The van der Waals surface area contributed by atoms with Crippen molar-refractivity contribution in [2.45, 2.75) is 142 Å². The van der Waals surface area contributed by atoms with Crippen molar-refractivity contribution in [2.75, 3.05) is 10.6 Å². The zero-order valence-electron chi connectivity index (χ0n) is 23.5. The third-order valence-corrected chi connectivity index (χ3v) is 6.76. The molecule has 37 heavy (non-hydrogen) atoms. The van der Waals surface area contributed by atoms with Gasteiger partial charge in [0.2, 0.25) is 11.8 Å². The predicted molar refractivity (Wildman–Crippen MR) is 154 cm³/mol. The summed E-state index contributed by atoms with van der Waals surface area (Å²) < 4.78 is 0. The average molecular weight is 517 g/mol. The maximum Gasteiger partial charge on any atom is 0.335 e. The highest BCUT2D eigenvalue weighted by Gasteiger charge is 2.11. The topological polar surface area (TPSA) is 95.5 Å². The van der Waals surface area contributed by atoms with Gasteiger partial charge in [-0.2, -0.15) is 0 Å². The Morgan fingerprint density at radius 1 is 0.541 bits per heavy atom. The number of aromatic carboxylic acids is 1. The van der Waals surface area contributed by atoms with Gasteiger partial charge < -0.3 is 15.7 Å². The minimum absolute atomic E-state index is 0.0410. The summed E-state index contributed by atoms with van der Waals surface area (Å²) in [6.45, 7) is 4.44. The molecule has 0 spiro atoms. The Morgan fingerprint density at radius 3 is 1.19 bits per heavy atom. The maximum atomic E-state index is 12.4. The summed E-state index contributed by atoms with van der Waals surface area (Å²) in [5.41, 5.74) is 0.845. The number of nitrogens with one attached hydrogen (secondary N) is 2. The molecule has 0 fully saturated rings. The van der Waals surface area contributed by atoms with Crippen molar-refractivity contribution in [2.24, 2.45) is 0 Å². The Kier molecular flexibility index (Phi) is 19.1. The molecule has 210 valence electrons. The zero-order valence-corrected chi connectivity index (χ0v) is 23.5. The van der Waals surface area contributed by atoms with Crippen LogP contribution >= 0.6 is 0 Å². The number of rotatable bonds is 23. The molecule has 1 rings (SSSR count). The molecule has 0 aromatic heterocycles. The molecule has 0 atom stereocenters. The van der Waals surface area contributed by atoms with Crippen LogP contribution in [0.2, 0.25) is 0 Å². The standard InChI is InChI=1S/C31H52N2O4/c1-3-5-7-9-11-13-15-17-19-21-29(34)32-27-23-26(31(36)37)24-28(25-27)33-30(35)22-20-18-16-14-12-10-8-6-4-2/h23-25H,3-22H2,1-2H3,(H,32,34)(H,33,35)(H,36,37). The van der Waals surface area contributed by atoms with Crippen molar-refractivity contribution in [3.8, 4) is 0 Å². The lowest BCUT2D eigenvalue weighted by Gasteiger charge is -2.11. The fourth-order valence-corrected chi connectivity index (χ4v) is 4.53. The van der Waals surface area contributed by atoms with Crippen molar-refractivity contribution in [3.63, 3.8) is 0 Å². The van der Waals surface area contributed by atoms with Gasteiger partial charge in [0.05, 0.1) is 5.56 Å². The first-order valence-electron chi connectivity index (χ1n) is 14.9. The van der Waals surface area contributed by atoms with Gasteiger partial charge in [-0.3, -0.25) is 9.59 Å². The van der Waals surface area contributed by atoms with E-state index in [0.29, 0.717) is 24.2 Å². The summed E-state index contributed by atoms with van der Waals surface area (Å²) in [6.07, 6.45) is 22.1. The second-order valence-electron chi connectivity index (χ2n) is 10.4. The second-order valence-corrected chi connectivity index (χ2v) is 10.4. The number of benzene rings is 1. The fourth-order valence-electron chi connectivity index (χ4n) is 4.53. The van der Waals surface area contributed by atoms with Gasteiger partial charge in [0.1, 0.15) is 0 Å². The monoisotopic (exact) mass is 516 g/mol. The van der Waals surface area contributed by atoms with Gasteiger partial charge in [-0.15, -0.1) is 0 Å². The van der Waals surface area contributed by atoms with Gasteiger partial charge >= 0.3 is 5.97 Å². The Balaban J connectivity index is 2.36. The van der Waals surface area contributed by atoms with Crippen LogP contribution in [0, 0.1) is 0 Å². The normalized spacial score (nSPS) is 10.9. The first kappa shape index (κ1) is 32.7. The van der Waals surface area contributed by atoms with Crippen LogP contribution in [0.25, 0.3) is 0 Å². The van der Waals surface area contributed by atoms with E-state index in [1.807, 2.05) is 0 Å². The summed E-state index contributed by atoms with van der Waals surface area (Å²) in [6, 6.07) is 4.51. The van der Waals surface area contributed by atoms with Gasteiger partial charge in [-0.05, 0) is 31.0 Å². The van der Waals surface area contributed by atoms with E-state index in [0.717, 1.165) is 38.5 Å². The molecule has 6 nitrogen and oxygen atoms in total. The third kappa shape index (κ3) is 17.7. The molecule has 0 aliphatic heterocycles. The van der Waals surface area contributed by atoms with Gasteiger partial charge in [-0.1, -0.05) is 117 Å². The second kappa shape index (κ2) is 21.7. The SMILES string of the molecule is CCCCCCCCCCCC(=O)Nc1cc(NC(=O)CCCCCCCCCCC)cc(C(=O)O)c1. The molecule has 1 aromatic rings. The fraction of sp³-hybridized carbons (Fsp3) is 0.710. The number of amides is 2. The average Bonchev–Trinajstić information content (AvgIpc) is 2.86. The lowest BCUT2D eigenvalue weighted by atomic mass is 10.1. The molecule has 0 radical (unpaired) electrons. The summed E-state index contributed by atoms with van der Waals surface area (Å²) in [4.78, 5) is 36.3. The zero-order chi connectivity index (χ0) is 27.1. The number of anilines is 2. The molecule has 0 aliphatic rings. The van der Waals surface area contributed by atoms with Crippen molar-refractivity contribution >= 4 is 29.2 Å². The van der Waals surface area contributed by atoms with E-state index < -0.39 is 5.97 Å². The lowest BCUT2D eigenvalue weighted by molar-refractivity contribution is -0.117. The van der Waals surface area contributed by atoms with Crippen molar-refractivity contribution < 1.29 is 19.5 Å². The number of carboxylic acids is 1. The Bertz CT molecular complexity index is 724. The molecule has 0 bridgehead atoms. The number of carbonyl (C=O) groups is 3. The molecule has 6 heteroatoms. The van der Waals surface area contributed by atoms with Crippen molar-refractivity contribution in [3.05, 3.63) is 23.8 Å². The number of hydrogen-bond acceptors (Lipinski definition) is 3. The minimum Gasteiger partial charge on any atom is -0.478 e. The molecular formula is C31H52N2O4. The smallest absolute Gasteiger partial charge is 0.335 e. The number of unbranched alkanes of at least 4 members (excludes halogenated alkanes) is 16. The molecule has 0 aliphatic carbocycles. The molecule has 1 aromatic carbocycles. The first-order chi connectivity index (χ1) is 18.0. The Morgan fingerprint density at radius 2 is 0.865 bits per heavy atom. The van der Waals surface area contributed by atoms with Gasteiger partial charge in [-0.25, -0.2) is 4.79 Å². The largest absolute Gasteiger partial charge is 0.478 e. The van der Waals surface area contributed by atoms with Crippen LogP contribution in [0.4, 0.5) is 11.4 Å². The number of carbonyl (C=O) groups excluding carboxylic acids is 2. The van der Waals surface area contributed by atoms with E-state index >= 15 is 0 Å². The van der Waals surface area contributed by atoms with E-state index in [2.05, 4.69) is 24.5 Å². The van der Waals surface area contributed by atoms with Crippen LogP contribution in [0.1, 0.15) is 153 Å². The highest BCUT2D eigenvalue weighted by atomic mass is 16.4. The molecule has 0 saturated heterocycles. The van der Waals surface area contributed by atoms with Gasteiger partial charge in [0.25, 0.3) is 0 Å². The summed E-state index contributed by atoms with van der Waals surface area (Å²) in [5, 5.41) is 15.1. The highest BCUT2D eigenvalue weighted by Crippen LogP contribution is 2.21. The van der Waals surface area contributed by atoms with Crippen LogP contribution in [0.3, 0.4) is 0 Å². The van der Waals surface area contributed by atoms with Crippen molar-refractivity contribution in [1.29, 1.82) is 0 Å². The predicted octanol–water partition coefficient (Wildman–Crippen LogP) is 9.10. The van der Waals surface area contributed by atoms with Gasteiger partial charge in [0, 0.05) is 24.2 Å². The van der Waals surface area contributed by atoms with Crippen LogP contribution in [0.15, 0.2) is 18.2 Å². The van der Waals surface area contributed by atoms with E-state index in [4.69, 9.17) is 0 Å². The Labute approximate surface area is 225 Å². The van der Waals surface area contributed by atoms with Crippen molar-refractivity contribution in [1.82, 2.24) is 0 Å². The molecule has 2 amide bonds. The summed E-state index contributed by atoms with van der Waals surface area (Å²) in [5.74, 6) is -1.35. The number of carboxylic acid groups (broad SMARTS) is 1. The van der Waals surface area contributed by atoms with E-state index in [1.165, 1.54) is 89.2 Å². The highest BCUT2D eigenvalue weighted by molar-refractivity contribution is 5.98. The summed E-state index contributed by atoms with van der Waals surface area (Å²) >= 11 is 0. The maximum absolute atomic E-state index is 12.4. The summed E-state index contributed by atoms with van der Waals surface area (Å²) in [7, 11) is 0. The minimum atomic E-state index is -1.09. The quantitative estimate of drug-likeness (QED) is 0.126. The van der Waals surface area contributed by atoms with E-state index in [1.54, 1.807) is 6.07 Å².